The highest BCUT2D eigenvalue weighted by Gasteiger charge is 2.02. The Morgan fingerprint density at radius 3 is 2.61 bits per heavy atom. The van der Waals surface area contributed by atoms with Gasteiger partial charge < -0.3 is 10.6 Å². The number of aryl methyl sites for hydroxylation is 1. The second-order valence-electron chi connectivity index (χ2n) is 4.01. The number of nitrogens with one attached hydrogen (secondary N) is 2. The van der Waals surface area contributed by atoms with Crippen LogP contribution in [0.4, 0.5) is 11.6 Å². The fourth-order valence-electron chi connectivity index (χ4n) is 1.82. The van der Waals surface area contributed by atoms with E-state index in [-0.39, 0.29) is 0 Å². The Bertz CT molecular complexity index is 493. The standard InChI is InChI=1S/C14H19N3S/c1-3-11-8-9-18-12(11)10-16-14-7-5-6-13(17-14)15-4-2/h5-9H,3-4,10H2,1-2H3,(H2,15,16,17). The molecule has 2 aromatic heterocycles. The molecule has 4 heteroatoms. The van der Waals surface area contributed by atoms with E-state index in [1.165, 1.54) is 10.4 Å². The van der Waals surface area contributed by atoms with Crippen LogP contribution in [0.5, 0.6) is 0 Å². The highest BCUT2D eigenvalue weighted by atomic mass is 32.1. The van der Waals surface area contributed by atoms with Gasteiger partial charge in [-0.3, -0.25) is 0 Å². The summed E-state index contributed by atoms with van der Waals surface area (Å²) in [5.41, 5.74) is 1.43. The van der Waals surface area contributed by atoms with Gasteiger partial charge in [-0.1, -0.05) is 13.0 Å². The van der Waals surface area contributed by atoms with E-state index >= 15 is 0 Å². The van der Waals surface area contributed by atoms with E-state index in [4.69, 9.17) is 0 Å². The summed E-state index contributed by atoms with van der Waals surface area (Å²) in [7, 11) is 0. The van der Waals surface area contributed by atoms with Crippen molar-refractivity contribution < 1.29 is 0 Å². The number of rotatable bonds is 6. The lowest BCUT2D eigenvalue weighted by Crippen LogP contribution is -2.04. The number of hydrogen-bond acceptors (Lipinski definition) is 4. The van der Waals surface area contributed by atoms with Crippen molar-refractivity contribution in [1.82, 2.24) is 4.98 Å². The van der Waals surface area contributed by atoms with Gasteiger partial charge in [-0.05, 0) is 42.5 Å². The molecule has 0 bridgehead atoms. The first-order chi connectivity index (χ1) is 8.83. The smallest absolute Gasteiger partial charge is 0.128 e. The van der Waals surface area contributed by atoms with E-state index in [0.717, 1.165) is 31.1 Å². The molecular formula is C14H19N3S. The average Bonchev–Trinajstić information content (AvgIpc) is 2.84. The highest BCUT2D eigenvalue weighted by molar-refractivity contribution is 7.10. The molecule has 96 valence electrons. The fraction of sp³-hybridized carbons (Fsp3) is 0.357. The maximum Gasteiger partial charge on any atom is 0.128 e. The van der Waals surface area contributed by atoms with Crippen LogP contribution in [0.2, 0.25) is 0 Å². The van der Waals surface area contributed by atoms with Gasteiger partial charge in [-0.25, -0.2) is 4.98 Å². The Kier molecular flexibility index (Phi) is 4.59. The van der Waals surface area contributed by atoms with Crippen LogP contribution in [-0.4, -0.2) is 11.5 Å². The first kappa shape index (κ1) is 12.9. The lowest BCUT2D eigenvalue weighted by Gasteiger charge is -2.08. The van der Waals surface area contributed by atoms with E-state index in [1.54, 1.807) is 11.3 Å². The summed E-state index contributed by atoms with van der Waals surface area (Å²) < 4.78 is 0. The van der Waals surface area contributed by atoms with Crippen molar-refractivity contribution in [2.75, 3.05) is 17.2 Å². The number of anilines is 2. The molecule has 0 saturated carbocycles. The third-order valence-corrected chi connectivity index (χ3v) is 3.72. The third-order valence-electron chi connectivity index (χ3n) is 2.76. The van der Waals surface area contributed by atoms with E-state index in [0.29, 0.717) is 0 Å². The molecule has 18 heavy (non-hydrogen) atoms. The molecule has 2 rings (SSSR count). The van der Waals surface area contributed by atoms with Crippen molar-refractivity contribution >= 4 is 23.0 Å². The second-order valence-corrected chi connectivity index (χ2v) is 5.02. The molecule has 3 nitrogen and oxygen atoms in total. The molecule has 0 spiro atoms. The molecule has 0 saturated heterocycles. The zero-order chi connectivity index (χ0) is 12.8. The molecular weight excluding hydrogens is 242 g/mol. The van der Waals surface area contributed by atoms with Crippen LogP contribution >= 0.6 is 11.3 Å². The average molecular weight is 261 g/mol. The molecule has 0 aliphatic heterocycles. The van der Waals surface area contributed by atoms with E-state index in [2.05, 4.69) is 40.9 Å². The molecule has 0 aliphatic carbocycles. The Morgan fingerprint density at radius 1 is 1.11 bits per heavy atom. The fourth-order valence-corrected chi connectivity index (χ4v) is 2.74. The summed E-state index contributed by atoms with van der Waals surface area (Å²) in [6, 6.07) is 8.20. The van der Waals surface area contributed by atoms with Crippen molar-refractivity contribution in [2.24, 2.45) is 0 Å². The maximum absolute atomic E-state index is 4.50. The molecule has 0 unspecified atom stereocenters. The minimum atomic E-state index is 0.851. The molecule has 2 aromatic rings. The lowest BCUT2D eigenvalue weighted by molar-refractivity contribution is 1.06. The van der Waals surface area contributed by atoms with Gasteiger partial charge >= 0.3 is 0 Å². The Balaban J connectivity index is 1.99. The van der Waals surface area contributed by atoms with Crippen LogP contribution in [0.25, 0.3) is 0 Å². The number of nitrogens with zero attached hydrogens (tertiary/aromatic N) is 1. The van der Waals surface area contributed by atoms with Gasteiger partial charge in [0.25, 0.3) is 0 Å². The minimum Gasteiger partial charge on any atom is -0.370 e. The van der Waals surface area contributed by atoms with Crippen LogP contribution < -0.4 is 10.6 Å². The SMILES string of the molecule is CCNc1cccc(NCc2sccc2CC)n1. The van der Waals surface area contributed by atoms with E-state index in [9.17, 15) is 0 Å². The van der Waals surface area contributed by atoms with Gasteiger partial charge in [0.15, 0.2) is 0 Å². The summed E-state index contributed by atoms with van der Waals surface area (Å²) in [6.07, 6.45) is 1.09. The van der Waals surface area contributed by atoms with Gasteiger partial charge in [0.05, 0.1) is 6.54 Å². The van der Waals surface area contributed by atoms with Gasteiger partial charge in [-0.2, -0.15) is 0 Å². The molecule has 0 aromatic carbocycles. The summed E-state index contributed by atoms with van der Waals surface area (Å²) in [4.78, 5) is 5.90. The zero-order valence-electron chi connectivity index (χ0n) is 10.9. The quantitative estimate of drug-likeness (QED) is 0.831. The van der Waals surface area contributed by atoms with Crippen molar-refractivity contribution in [3.8, 4) is 0 Å². The summed E-state index contributed by atoms with van der Waals surface area (Å²) in [5, 5.41) is 8.75. The van der Waals surface area contributed by atoms with Crippen molar-refractivity contribution in [2.45, 2.75) is 26.8 Å². The summed E-state index contributed by atoms with van der Waals surface area (Å²) >= 11 is 1.80. The van der Waals surface area contributed by atoms with Crippen molar-refractivity contribution in [3.05, 3.63) is 40.1 Å². The van der Waals surface area contributed by atoms with Gasteiger partial charge in [-0.15, -0.1) is 11.3 Å². The number of hydrogen-bond donors (Lipinski definition) is 2. The van der Waals surface area contributed by atoms with Crippen LogP contribution in [0, 0.1) is 0 Å². The predicted octanol–water partition coefficient (Wildman–Crippen LogP) is 3.75. The summed E-state index contributed by atoms with van der Waals surface area (Å²) in [5.74, 6) is 1.84. The lowest BCUT2D eigenvalue weighted by atomic mass is 10.2. The van der Waals surface area contributed by atoms with E-state index in [1.807, 2.05) is 18.2 Å². The maximum atomic E-state index is 4.50. The van der Waals surface area contributed by atoms with Crippen LogP contribution in [0.1, 0.15) is 24.3 Å². The Labute approximate surface area is 112 Å². The first-order valence-corrected chi connectivity index (χ1v) is 7.21. The molecule has 0 fully saturated rings. The van der Waals surface area contributed by atoms with Crippen molar-refractivity contribution in [1.29, 1.82) is 0 Å². The minimum absolute atomic E-state index is 0.851. The monoisotopic (exact) mass is 261 g/mol. The van der Waals surface area contributed by atoms with E-state index < -0.39 is 0 Å². The molecule has 0 atom stereocenters. The van der Waals surface area contributed by atoms with Crippen LogP contribution in [0.3, 0.4) is 0 Å². The third kappa shape index (κ3) is 3.23. The first-order valence-electron chi connectivity index (χ1n) is 6.33. The van der Waals surface area contributed by atoms with Gasteiger partial charge in [0, 0.05) is 11.4 Å². The number of pyridine rings is 1. The molecule has 0 radical (unpaired) electrons. The van der Waals surface area contributed by atoms with Crippen molar-refractivity contribution in [3.63, 3.8) is 0 Å². The zero-order valence-corrected chi connectivity index (χ0v) is 11.7. The molecule has 0 aliphatic rings. The second kappa shape index (κ2) is 6.40. The Hall–Kier alpha value is -1.55. The topological polar surface area (TPSA) is 37.0 Å². The number of thiophene rings is 1. The predicted molar refractivity (Wildman–Crippen MR) is 79.4 cm³/mol. The molecule has 0 amide bonds. The molecule has 2 heterocycles. The molecule has 2 N–H and O–H groups in total. The highest BCUT2D eigenvalue weighted by Crippen LogP contribution is 2.19. The largest absolute Gasteiger partial charge is 0.370 e. The summed E-state index contributed by atoms with van der Waals surface area (Å²) in [6.45, 7) is 6.00. The Morgan fingerprint density at radius 2 is 1.89 bits per heavy atom. The van der Waals surface area contributed by atoms with Gasteiger partial charge in [0.2, 0.25) is 0 Å². The number of aromatic nitrogens is 1. The van der Waals surface area contributed by atoms with Crippen LogP contribution in [0.15, 0.2) is 29.6 Å². The van der Waals surface area contributed by atoms with Crippen LogP contribution in [-0.2, 0) is 13.0 Å². The normalized spacial score (nSPS) is 10.3. The van der Waals surface area contributed by atoms with Gasteiger partial charge in [0.1, 0.15) is 11.6 Å².